The van der Waals surface area contributed by atoms with Crippen molar-refractivity contribution in [1.82, 2.24) is 9.97 Å². The van der Waals surface area contributed by atoms with Crippen LogP contribution in [0.1, 0.15) is 45.7 Å². The lowest BCUT2D eigenvalue weighted by atomic mass is 10.1. The summed E-state index contributed by atoms with van der Waals surface area (Å²) in [6.45, 7) is 13.5. The Kier molecular flexibility index (Phi) is 9.50. The number of nitrogens with zero attached hydrogens (tertiary/aromatic N) is 2. The van der Waals surface area contributed by atoms with Gasteiger partial charge in [-0.15, -0.1) is 0 Å². The van der Waals surface area contributed by atoms with Gasteiger partial charge in [0.1, 0.15) is 38.1 Å². The maximum absolute atomic E-state index is 12.8. The third-order valence-electron chi connectivity index (χ3n) is 6.88. The third-order valence-corrected chi connectivity index (χ3v) is 6.88. The number of hydrogen-bond acceptors (Lipinski definition) is 10. The second kappa shape index (κ2) is 13.3. The molecular weight excluding hydrogens is 566 g/mol. The van der Waals surface area contributed by atoms with Crippen molar-refractivity contribution in [3.05, 3.63) is 83.9 Å². The summed E-state index contributed by atoms with van der Waals surface area (Å²) < 4.78 is 42.6. The van der Waals surface area contributed by atoms with Crippen LogP contribution in [0, 0.1) is 0 Å². The standard InChI is InChI=1S/C33H39N3O8/c1-21(2)28(37)34-26-29(38-17-22-13-9-7-10-14-22)35-31(40-18-23-15-11-8-12-16-23)36-30(26)39-19-24-27(44-33(5,6)43-24)25-20-41-32(3,4)42-25/h7-16,24-25,27H,1,17-20H2,2-6H3,(H,34,37)/t24-,25+,27-/m0/s1. The Hall–Kier alpha value is -4.03. The summed E-state index contributed by atoms with van der Waals surface area (Å²) in [6.07, 6.45) is -1.40. The number of aromatic nitrogens is 2. The van der Waals surface area contributed by atoms with Crippen molar-refractivity contribution >= 4 is 11.6 Å². The molecule has 3 heterocycles. The molecule has 2 aliphatic heterocycles. The molecule has 3 aromatic rings. The van der Waals surface area contributed by atoms with Gasteiger partial charge in [0.25, 0.3) is 5.91 Å². The Morgan fingerprint density at radius 1 is 0.864 bits per heavy atom. The quantitative estimate of drug-likeness (QED) is 0.276. The predicted molar refractivity (Wildman–Crippen MR) is 161 cm³/mol. The number of hydrogen-bond donors (Lipinski definition) is 1. The molecule has 0 unspecified atom stereocenters. The summed E-state index contributed by atoms with van der Waals surface area (Å²) in [4.78, 5) is 21.9. The lowest BCUT2D eigenvalue weighted by Crippen LogP contribution is -2.41. The molecule has 1 N–H and O–H groups in total. The second-order valence-corrected chi connectivity index (χ2v) is 11.6. The zero-order chi connectivity index (χ0) is 31.3. The molecule has 0 aliphatic carbocycles. The van der Waals surface area contributed by atoms with Crippen LogP contribution < -0.4 is 19.5 Å². The van der Waals surface area contributed by atoms with E-state index in [1.165, 1.54) is 0 Å². The van der Waals surface area contributed by atoms with Gasteiger partial charge in [-0.25, -0.2) is 0 Å². The first kappa shape index (κ1) is 31.4. The molecule has 3 atom stereocenters. The lowest BCUT2D eigenvalue weighted by molar-refractivity contribution is -0.174. The molecule has 2 aromatic carbocycles. The van der Waals surface area contributed by atoms with Crippen LogP contribution in [0.3, 0.4) is 0 Å². The fourth-order valence-corrected chi connectivity index (χ4v) is 4.80. The number of ether oxygens (including phenoxy) is 7. The average Bonchev–Trinajstić information content (AvgIpc) is 3.52. The maximum atomic E-state index is 12.8. The van der Waals surface area contributed by atoms with Crippen LogP contribution >= 0.6 is 0 Å². The third kappa shape index (κ3) is 8.11. The summed E-state index contributed by atoms with van der Waals surface area (Å²) in [7, 11) is 0. The fraction of sp³-hybridized carbons (Fsp3) is 0.424. The summed E-state index contributed by atoms with van der Waals surface area (Å²) >= 11 is 0. The van der Waals surface area contributed by atoms with E-state index in [1.807, 2.05) is 88.4 Å². The molecular formula is C33H39N3O8. The first-order chi connectivity index (χ1) is 21.0. The van der Waals surface area contributed by atoms with Crippen molar-refractivity contribution in [1.29, 1.82) is 0 Å². The second-order valence-electron chi connectivity index (χ2n) is 11.6. The smallest absolute Gasteiger partial charge is 0.323 e. The minimum absolute atomic E-state index is 0.00925. The predicted octanol–water partition coefficient (Wildman–Crippen LogP) is 5.20. The Bertz CT molecular complexity index is 1450. The number of nitrogens with one attached hydrogen (secondary N) is 1. The highest BCUT2D eigenvalue weighted by atomic mass is 16.8. The SMILES string of the molecule is C=C(C)C(=O)Nc1c(OCc2ccccc2)nc(OCc2ccccc2)nc1OC[C@@H]1OC(C)(C)O[C@@H]1[C@H]1COC(C)(C)O1. The van der Waals surface area contributed by atoms with E-state index in [9.17, 15) is 4.79 Å². The summed E-state index contributed by atoms with van der Waals surface area (Å²) in [5, 5.41) is 2.80. The van der Waals surface area contributed by atoms with Gasteiger partial charge in [0.15, 0.2) is 17.3 Å². The summed E-state index contributed by atoms with van der Waals surface area (Å²) in [6, 6.07) is 19.2. The molecule has 1 aromatic heterocycles. The van der Waals surface area contributed by atoms with E-state index in [-0.39, 0.29) is 55.0 Å². The Labute approximate surface area is 257 Å². The van der Waals surface area contributed by atoms with Crippen LogP contribution in [0.4, 0.5) is 5.69 Å². The average molecular weight is 606 g/mol. The monoisotopic (exact) mass is 605 g/mol. The van der Waals surface area contributed by atoms with Crippen LogP contribution in [0.15, 0.2) is 72.8 Å². The van der Waals surface area contributed by atoms with Crippen LogP contribution in [0.5, 0.6) is 17.8 Å². The molecule has 11 heteroatoms. The van der Waals surface area contributed by atoms with Crippen LogP contribution in [-0.4, -0.2) is 59.0 Å². The van der Waals surface area contributed by atoms with E-state index in [4.69, 9.17) is 33.2 Å². The zero-order valence-electron chi connectivity index (χ0n) is 25.7. The molecule has 0 radical (unpaired) electrons. The molecule has 2 fully saturated rings. The number of rotatable bonds is 12. The molecule has 2 aliphatic rings. The van der Waals surface area contributed by atoms with Gasteiger partial charge in [-0.05, 0) is 45.7 Å². The lowest BCUT2D eigenvalue weighted by Gasteiger charge is -2.24. The van der Waals surface area contributed by atoms with Gasteiger partial charge in [0.05, 0.1) is 6.61 Å². The minimum atomic E-state index is -0.884. The van der Waals surface area contributed by atoms with Crippen LogP contribution in [-0.2, 0) is 37.0 Å². The van der Waals surface area contributed by atoms with E-state index in [1.54, 1.807) is 6.92 Å². The summed E-state index contributed by atoms with van der Waals surface area (Å²) in [5.74, 6) is -1.96. The molecule has 44 heavy (non-hydrogen) atoms. The van der Waals surface area contributed by atoms with E-state index in [2.05, 4.69) is 21.9 Å². The number of carbonyl (C=O) groups is 1. The van der Waals surface area contributed by atoms with E-state index < -0.39 is 29.7 Å². The Morgan fingerprint density at radius 3 is 2.02 bits per heavy atom. The van der Waals surface area contributed by atoms with Crippen molar-refractivity contribution in [2.24, 2.45) is 0 Å². The summed E-state index contributed by atoms with van der Waals surface area (Å²) in [5.41, 5.74) is 2.25. The van der Waals surface area contributed by atoms with Gasteiger partial charge in [-0.3, -0.25) is 4.79 Å². The Balaban J connectivity index is 1.44. The molecule has 234 valence electrons. The maximum Gasteiger partial charge on any atom is 0.323 e. The van der Waals surface area contributed by atoms with Gasteiger partial charge in [-0.1, -0.05) is 67.2 Å². The van der Waals surface area contributed by atoms with Crippen molar-refractivity contribution in [2.45, 2.75) is 77.7 Å². The minimum Gasteiger partial charge on any atom is -0.473 e. The van der Waals surface area contributed by atoms with Crippen molar-refractivity contribution in [2.75, 3.05) is 18.5 Å². The molecule has 1 amide bonds. The van der Waals surface area contributed by atoms with Gasteiger partial charge < -0.3 is 38.5 Å². The fourth-order valence-electron chi connectivity index (χ4n) is 4.80. The molecule has 0 bridgehead atoms. The van der Waals surface area contributed by atoms with Crippen LogP contribution in [0.25, 0.3) is 0 Å². The van der Waals surface area contributed by atoms with Crippen molar-refractivity contribution < 1.29 is 38.0 Å². The van der Waals surface area contributed by atoms with Crippen molar-refractivity contribution in [3.8, 4) is 17.8 Å². The van der Waals surface area contributed by atoms with E-state index in [0.29, 0.717) is 6.61 Å². The zero-order valence-corrected chi connectivity index (χ0v) is 25.7. The van der Waals surface area contributed by atoms with E-state index in [0.717, 1.165) is 11.1 Å². The van der Waals surface area contributed by atoms with Crippen LogP contribution in [0.2, 0.25) is 0 Å². The molecule has 0 spiro atoms. The van der Waals surface area contributed by atoms with Gasteiger partial charge in [0.2, 0.25) is 11.8 Å². The van der Waals surface area contributed by atoms with Gasteiger partial charge in [-0.2, -0.15) is 9.97 Å². The highest BCUT2D eigenvalue weighted by Crippen LogP contribution is 2.38. The molecule has 2 saturated heterocycles. The Morgan fingerprint density at radius 2 is 1.45 bits per heavy atom. The molecule has 11 nitrogen and oxygen atoms in total. The normalized spacial score (nSPS) is 21.9. The number of amides is 1. The first-order valence-corrected chi connectivity index (χ1v) is 14.5. The number of carbonyl (C=O) groups excluding carboxylic acids is 1. The van der Waals surface area contributed by atoms with E-state index >= 15 is 0 Å². The molecule has 5 rings (SSSR count). The van der Waals surface area contributed by atoms with Crippen molar-refractivity contribution in [3.63, 3.8) is 0 Å². The van der Waals surface area contributed by atoms with Gasteiger partial charge >= 0.3 is 6.01 Å². The number of benzene rings is 2. The number of anilines is 1. The highest BCUT2D eigenvalue weighted by Gasteiger charge is 2.50. The van der Waals surface area contributed by atoms with Gasteiger partial charge in [0, 0.05) is 5.57 Å². The molecule has 0 saturated carbocycles. The highest BCUT2D eigenvalue weighted by molar-refractivity contribution is 6.04. The first-order valence-electron chi connectivity index (χ1n) is 14.5. The largest absolute Gasteiger partial charge is 0.473 e. The topological polar surface area (TPSA) is 119 Å².